The van der Waals surface area contributed by atoms with Crippen molar-refractivity contribution in [2.75, 3.05) is 13.6 Å². The standard InChI is InChI=1S/C22H29ClN2O/c1-15-20(22(26)21(23)16(2)24-15)19-11-9-18(10-12-19)14-25(3)13-17-7-5-4-6-8-17/h9-12,17H,4-8,13-14H2,1-3H3,(H,24,26). The Kier molecular flexibility index (Phi) is 6.20. The Morgan fingerprint density at radius 3 is 2.38 bits per heavy atom. The Morgan fingerprint density at radius 1 is 1.08 bits per heavy atom. The van der Waals surface area contributed by atoms with Crippen molar-refractivity contribution in [1.29, 1.82) is 0 Å². The molecule has 1 fully saturated rings. The van der Waals surface area contributed by atoms with Crippen LogP contribution >= 0.6 is 11.6 Å². The number of H-pyrrole nitrogens is 1. The highest BCUT2D eigenvalue weighted by Gasteiger charge is 2.16. The topological polar surface area (TPSA) is 36.1 Å². The molecular formula is C22H29ClN2O. The maximum absolute atomic E-state index is 12.5. The van der Waals surface area contributed by atoms with Crippen LogP contribution in [0, 0.1) is 19.8 Å². The van der Waals surface area contributed by atoms with Gasteiger partial charge in [0.2, 0.25) is 5.43 Å². The number of halogens is 1. The van der Waals surface area contributed by atoms with E-state index in [1.807, 2.05) is 26.0 Å². The first-order valence-electron chi connectivity index (χ1n) is 9.62. The minimum atomic E-state index is -0.0948. The number of pyridine rings is 1. The first-order valence-corrected chi connectivity index (χ1v) is 10.0. The van der Waals surface area contributed by atoms with Gasteiger partial charge < -0.3 is 9.88 Å². The molecule has 1 heterocycles. The average Bonchev–Trinajstić information content (AvgIpc) is 2.62. The van der Waals surface area contributed by atoms with Crippen LogP contribution in [0.25, 0.3) is 11.1 Å². The normalized spacial score (nSPS) is 15.6. The lowest BCUT2D eigenvalue weighted by Crippen LogP contribution is -2.26. The Labute approximate surface area is 161 Å². The fourth-order valence-corrected chi connectivity index (χ4v) is 4.30. The summed E-state index contributed by atoms with van der Waals surface area (Å²) < 4.78 is 0. The number of rotatable bonds is 5. The Hall–Kier alpha value is -1.58. The predicted octanol–water partition coefficient (Wildman–Crippen LogP) is 5.32. The highest BCUT2D eigenvalue weighted by atomic mass is 35.5. The van der Waals surface area contributed by atoms with Crippen LogP contribution in [0.1, 0.15) is 49.1 Å². The summed E-state index contributed by atoms with van der Waals surface area (Å²) in [6, 6.07) is 8.32. The molecule has 0 aliphatic heterocycles. The highest BCUT2D eigenvalue weighted by Crippen LogP contribution is 2.25. The summed E-state index contributed by atoms with van der Waals surface area (Å²) in [6.07, 6.45) is 6.93. The molecule has 1 aromatic heterocycles. The fourth-order valence-electron chi connectivity index (χ4n) is 4.16. The molecule has 0 atom stereocenters. The van der Waals surface area contributed by atoms with E-state index in [0.29, 0.717) is 5.56 Å². The molecule has 1 aliphatic rings. The third kappa shape index (κ3) is 4.39. The van der Waals surface area contributed by atoms with E-state index < -0.39 is 0 Å². The monoisotopic (exact) mass is 372 g/mol. The molecular weight excluding hydrogens is 344 g/mol. The van der Waals surface area contributed by atoms with Gasteiger partial charge in [0.05, 0.1) is 0 Å². The lowest BCUT2D eigenvalue weighted by Gasteiger charge is -2.27. The molecule has 1 saturated carbocycles. The Balaban J connectivity index is 1.71. The minimum absolute atomic E-state index is 0.0948. The predicted molar refractivity (Wildman–Crippen MR) is 110 cm³/mol. The summed E-state index contributed by atoms with van der Waals surface area (Å²) in [5, 5.41) is 0.280. The van der Waals surface area contributed by atoms with Crippen molar-refractivity contribution in [3.8, 4) is 11.1 Å². The number of aromatic nitrogens is 1. The van der Waals surface area contributed by atoms with Crippen LogP contribution in [0.4, 0.5) is 0 Å². The smallest absolute Gasteiger partial charge is 0.208 e. The first-order chi connectivity index (χ1) is 12.5. The molecule has 1 aliphatic carbocycles. The first kappa shape index (κ1) is 19.2. The second-order valence-electron chi connectivity index (χ2n) is 7.79. The van der Waals surface area contributed by atoms with E-state index in [0.717, 1.165) is 29.4 Å². The van der Waals surface area contributed by atoms with Crippen LogP contribution in [0.5, 0.6) is 0 Å². The van der Waals surface area contributed by atoms with E-state index in [1.54, 1.807) is 0 Å². The van der Waals surface area contributed by atoms with Gasteiger partial charge in [0.15, 0.2) is 0 Å². The van der Waals surface area contributed by atoms with Crippen LogP contribution in [0.3, 0.4) is 0 Å². The van der Waals surface area contributed by atoms with Gasteiger partial charge in [0.25, 0.3) is 0 Å². The van der Waals surface area contributed by atoms with E-state index in [2.05, 4.69) is 29.1 Å². The number of hydrogen-bond acceptors (Lipinski definition) is 2. The van der Waals surface area contributed by atoms with E-state index in [1.165, 1.54) is 44.2 Å². The van der Waals surface area contributed by atoms with Gasteiger partial charge >= 0.3 is 0 Å². The number of benzene rings is 1. The van der Waals surface area contributed by atoms with Crippen LogP contribution < -0.4 is 5.43 Å². The molecule has 3 nitrogen and oxygen atoms in total. The molecule has 2 aromatic rings. The summed E-state index contributed by atoms with van der Waals surface area (Å²) in [5.41, 5.74) is 4.35. The maximum Gasteiger partial charge on any atom is 0.208 e. The molecule has 0 amide bonds. The summed E-state index contributed by atoms with van der Waals surface area (Å²) >= 11 is 6.15. The molecule has 140 valence electrons. The SMILES string of the molecule is Cc1[nH]c(C)c(-c2ccc(CN(C)CC3CCCCC3)cc2)c(=O)c1Cl. The number of aryl methyl sites for hydroxylation is 2. The summed E-state index contributed by atoms with van der Waals surface area (Å²) in [5.74, 6) is 0.851. The molecule has 1 aromatic carbocycles. The zero-order chi connectivity index (χ0) is 18.7. The van der Waals surface area contributed by atoms with Crippen LogP contribution in [0.15, 0.2) is 29.1 Å². The number of hydrogen-bond donors (Lipinski definition) is 1. The van der Waals surface area contributed by atoms with Gasteiger partial charge in [-0.25, -0.2) is 0 Å². The molecule has 4 heteroatoms. The molecule has 1 N–H and O–H groups in total. The molecule has 0 bridgehead atoms. The van der Waals surface area contributed by atoms with Crippen LogP contribution in [0.2, 0.25) is 5.02 Å². The zero-order valence-electron chi connectivity index (χ0n) is 16.1. The molecule has 0 radical (unpaired) electrons. The van der Waals surface area contributed by atoms with Crippen molar-refractivity contribution in [3.05, 3.63) is 56.5 Å². The molecule has 0 saturated heterocycles. The summed E-state index contributed by atoms with van der Waals surface area (Å²) in [7, 11) is 2.21. The van der Waals surface area contributed by atoms with Gasteiger partial charge in [-0.15, -0.1) is 0 Å². The van der Waals surface area contributed by atoms with Crippen LogP contribution in [-0.2, 0) is 6.54 Å². The van der Waals surface area contributed by atoms with Gasteiger partial charge in [-0.3, -0.25) is 4.79 Å². The van der Waals surface area contributed by atoms with Crippen molar-refractivity contribution in [3.63, 3.8) is 0 Å². The van der Waals surface area contributed by atoms with Gasteiger partial charge in [0, 0.05) is 30.0 Å². The van der Waals surface area contributed by atoms with Crippen molar-refractivity contribution < 1.29 is 0 Å². The minimum Gasteiger partial charge on any atom is -0.361 e. The lowest BCUT2D eigenvalue weighted by atomic mass is 9.89. The number of nitrogens with one attached hydrogen (secondary N) is 1. The third-order valence-corrected chi connectivity index (χ3v) is 5.95. The van der Waals surface area contributed by atoms with Gasteiger partial charge in [-0.1, -0.05) is 55.1 Å². The summed E-state index contributed by atoms with van der Waals surface area (Å²) in [6.45, 7) is 5.87. The van der Waals surface area contributed by atoms with Gasteiger partial charge in [-0.2, -0.15) is 0 Å². The molecule has 0 spiro atoms. The molecule has 0 unspecified atom stereocenters. The lowest BCUT2D eigenvalue weighted by molar-refractivity contribution is 0.228. The van der Waals surface area contributed by atoms with Crippen molar-refractivity contribution in [1.82, 2.24) is 9.88 Å². The highest BCUT2D eigenvalue weighted by molar-refractivity contribution is 6.31. The van der Waals surface area contributed by atoms with Crippen LogP contribution in [-0.4, -0.2) is 23.5 Å². The number of aromatic amines is 1. The second kappa shape index (κ2) is 8.41. The largest absolute Gasteiger partial charge is 0.361 e. The van der Waals surface area contributed by atoms with Crippen molar-refractivity contribution in [2.45, 2.75) is 52.5 Å². The zero-order valence-corrected chi connectivity index (χ0v) is 16.8. The van der Waals surface area contributed by atoms with E-state index in [4.69, 9.17) is 11.6 Å². The van der Waals surface area contributed by atoms with Crippen molar-refractivity contribution >= 4 is 11.6 Å². The molecule has 26 heavy (non-hydrogen) atoms. The Bertz CT molecular complexity index is 804. The summed E-state index contributed by atoms with van der Waals surface area (Å²) in [4.78, 5) is 18.2. The van der Waals surface area contributed by atoms with Crippen molar-refractivity contribution in [2.24, 2.45) is 5.92 Å². The molecule has 3 rings (SSSR count). The van der Waals surface area contributed by atoms with Gasteiger partial charge in [0.1, 0.15) is 5.02 Å². The van der Waals surface area contributed by atoms with E-state index >= 15 is 0 Å². The fraction of sp³-hybridized carbons (Fsp3) is 0.500. The van der Waals surface area contributed by atoms with E-state index in [9.17, 15) is 4.79 Å². The van der Waals surface area contributed by atoms with E-state index in [-0.39, 0.29) is 10.5 Å². The Morgan fingerprint density at radius 2 is 1.73 bits per heavy atom. The maximum atomic E-state index is 12.5. The number of nitrogens with zero attached hydrogens (tertiary/aromatic N) is 1. The quantitative estimate of drug-likeness (QED) is 0.770. The second-order valence-corrected chi connectivity index (χ2v) is 8.17. The van der Waals surface area contributed by atoms with Gasteiger partial charge in [-0.05, 0) is 50.8 Å². The third-order valence-electron chi connectivity index (χ3n) is 5.50. The average molecular weight is 373 g/mol.